The van der Waals surface area contributed by atoms with Gasteiger partial charge in [0.05, 0.1) is 13.7 Å². The molecular weight excluding hydrogens is 296 g/mol. The lowest BCUT2D eigenvalue weighted by Crippen LogP contribution is -2.37. The summed E-state index contributed by atoms with van der Waals surface area (Å²) < 4.78 is 10.5. The van der Waals surface area contributed by atoms with Crippen molar-refractivity contribution >= 4 is 16.9 Å². The predicted octanol–water partition coefficient (Wildman–Crippen LogP) is 1.56. The second kappa shape index (κ2) is 5.54. The molecule has 0 aliphatic carbocycles. The summed E-state index contributed by atoms with van der Waals surface area (Å²) in [6, 6.07) is 5.54. The summed E-state index contributed by atoms with van der Waals surface area (Å²) in [6.45, 7) is 1.64. The molecule has 0 spiro atoms. The molecule has 0 amide bonds. The Labute approximate surface area is 134 Å². The third-order valence-electron chi connectivity index (χ3n) is 4.90. The normalized spacial score (nSPS) is 25.4. The molecule has 2 aliphatic rings. The molecule has 1 aromatic heterocycles. The first-order valence-corrected chi connectivity index (χ1v) is 7.94. The number of nitrogens with zero attached hydrogens (tertiary/aromatic N) is 1. The minimum atomic E-state index is -0.409. The van der Waals surface area contributed by atoms with Crippen LogP contribution in [0.1, 0.15) is 29.6 Å². The van der Waals surface area contributed by atoms with Crippen LogP contribution in [-0.4, -0.2) is 54.4 Å². The summed E-state index contributed by atoms with van der Waals surface area (Å²) in [4.78, 5) is 18.1. The van der Waals surface area contributed by atoms with E-state index in [0.29, 0.717) is 5.92 Å². The van der Waals surface area contributed by atoms with Crippen LogP contribution in [0.4, 0.5) is 0 Å². The number of aromatic nitrogens is 1. The van der Waals surface area contributed by atoms with Crippen LogP contribution in [-0.2, 0) is 9.53 Å². The third kappa shape index (κ3) is 2.21. The number of carbonyl (C=O) groups is 1. The van der Waals surface area contributed by atoms with Gasteiger partial charge in [0.2, 0.25) is 0 Å². The molecule has 0 radical (unpaired) electrons. The van der Waals surface area contributed by atoms with Gasteiger partial charge in [-0.1, -0.05) is 0 Å². The van der Waals surface area contributed by atoms with Crippen molar-refractivity contribution in [2.75, 3.05) is 33.4 Å². The van der Waals surface area contributed by atoms with E-state index in [0.717, 1.165) is 41.9 Å². The van der Waals surface area contributed by atoms with Gasteiger partial charge in [-0.3, -0.25) is 4.90 Å². The van der Waals surface area contributed by atoms with Crippen molar-refractivity contribution in [2.45, 2.75) is 18.4 Å². The lowest BCUT2D eigenvalue weighted by molar-refractivity contribution is -0.151. The number of hydrogen-bond acceptors (Lipinski definition) is 5. The second-order valence-corrected chi connectivity index (χ2v) is 6.14. The number of H-pyrrole nitrogens is 1. The highest BCUT2D eigenvalue weighted by molar-refractivity contribution is 5.90. The number of carbonyl (C=O) groups excluding carboxylic acids is 1. The van der Waals surface area contributed by atoms with Crippen LogP contribution < -0.4 is 4.74 Å². The van der Waals surface area contributed by atoms with Crippen molar-refractivity contribution in [3.63, 3.8) is 0 Å². The molecule has 2 N–H and O–H groups in total. The molecule has 2 bridgehead atoms. The Morgan fingerprint density at radius 3 is 3.13 bits per heavy atom. The van der Waals surface area contributed by atoms with E-state index in [4.69, 9.17) is 14.6 Å². The molecule has 2 aliphatic heterocycles. The quantitative estimate of drug-likeness (QED) is 0.837. The van der Waals surface area contributed by atoms with Gasteiger partial charge < -0.3 is 19.6 Å². The number of aliphatic hydroxyl groups is 1. The number of rotatable bonds is 4. The fraction of sp³-hybridized carbons (Fsp3) is 0.471. The third-order valence-corrected chi connectivity index (χ3v) is 4.90. The predicted molar refractivity (Wildman–Crippen MR) is 84.6 cm³/mol. The fourth-order valence-electron chi connectivity index (χ4n) is 3.93. The minimum absolute atomic E-state index is 0.0377. The fourth-order valence-corrected chi connectivity index (χ4v) is 3.93. The van der Waals surface area contributed by atoms with Gasteiger partial charge in [-0.25, -0.2) is 4.79 Å². The van der Waals surface area contributed by atoms with Gasteiger partial charge in [0.15, 0.2) is 0 Å². The minimum Gasteiger partial charge on any atom is -0.497 e. The Morgan fingerprint density at radius 2 is 2.35 bits per heavy atom. The standard InChI is InChI=1S/C17H20N2O4/c1-22-11-2-3-13-12(8-11)14-10-4-5-19(9-10)16(15(14)18-13)17(21)23-7-6-20/h2-3,8,10,16,18,20H,4-7,9H2,1H3. The van der Waals surface area contributed by atoms with E-state index in [9.17, 15) is 4.79 Å². The average Bonchev–Trinajstić information content (AvgIpc) is 3.14. The number of ether oxygens (including phenoxy) is 2. The Balaban J connectivity index is 1.82. The van der Waals surface area contributed by atoms with E-state index in [1.807, 2.05) is 18.2 Å². The number of nitrogens with one attached hydrogen (secondary N) is 1. The van der Waals surface area contributed by atoms with E-state index in [1.165, 1.54) is 5.56 Å². The molecule has 2 aromatic rings. The van der Waals surface area contributed by atoms with Crippen molar-refractivity contribution in [1.29, 1.82) is 0 Å². The molecule has 6 nitrogen and oxygen atoms in total. The van der Waals surface area contributed by atoms with Gasteiger partial charge in [0.1, 0.15) is 18.4 Å². The zero-order valence-electron chi connectivity index (χ0n) is 13.0. The maximum Gasteiger partial charge on any atom is 0.329 e. The van der Waals surface area contributed by atoms with Crippen LogP contribution in [0.5, 0.6) is 5.75 Å². The highest BCUT2D eigenvalue weighted by Crippen LogP contribution is 2.46. The Morgan fingerprint density at radius 1 is 1.48 bits per heavy atom. The first-order chi connectivity index (χ1) is 11.2. The number of methoxy groups -OCH3 is 1. The summed E-state index contributed by atoms with van der Waals surface area (Å²) in [7, 11) is 1.66. The van der Waals surface area contributed by atoms with Crippen LogP contribution in [0.3, 0.4) is 0 Å². The zero-order valence-corrected chi connectivity index (χ0v) is 13.0. The van der Waals surface area contributed by atoms with Crippen molar-refractivity contribution in [1.82, 2.24) is 9.88 Å². The summed E-state index contributed by atoms with van der Waals surface area (Å²) in [5.41, 5.74) is 3.17. The Kier molecular flexibility index (Phi) is 3.50. The average molecular weight is 316 g/mol. The molecule has 0 saturated carbocycles. The number of fused-ring (bicyclic) bond motifs is 6. The lowest BCUT2D eigenvalue weighted by Gasteiger charge is -2.30. The largest absolute Gasteiger partial charge is 0.497 e. The number of esters is 1. The topological polar surface area (TPSA) is 74.8 Å². The summed E-state index contributed by atoms with van der Waals surface area (Å²) in [5, 5.41) is 10.0. The van der Waals surface area contributed by atoms with Crippen LogP contribution in [0.25, 0.3) is 10.9 Å². The molecule has 6 heteroatoms. The smallest absolute Gasteiger partial charge is 0.329 e. The first-order valence-electron chi connectivity index (χ1n) is 7.94. The SMILES string of the molecule is COc1ccc2[nH]c3c(c2c1)C1CCN(C1)C3C(=O)OCCO. The molecule has 3 heterocycles. The van der Waals surface area contributed by atoms with Crippen LogP contribution in [0.15, 0.2) is 18.2 Å². The Bertz CT molecular complexity index is 754. The molecule has 1 fully saturated rings. The summed E-state index contributed by atoms with van der Waals surface area (Å²) in [6.07, 6.45) is 1.04. The van der Waals surface area contributed by atoms with Crippen LogP contribution in [0, 0.1) is 0 Å². The molecule has 122 valence electrons. The molecule has 1 saturated heterocycles. The molecule has 3 unspecified atom stereocenters. The van der Waals surface area contributed by atoms with Crippen LogP contribution in [0.2, 0.25) is 0 Å². The van der Waals surface area contributed by atoms with E-state index >= 15 is 0 Å². The van der Waals surface area contributed by atoms with Gasteiger partial charge >= 0.3 is 5.97 Å². The van der Waals surface area contributed by atoms with Crippen LogP contribution >= 0.6 is 0 Å². The maximum absolute atomic E-state index is 12.5. The second-order valence-electron chi connectivity index (χ2n) is 6.14. The lowest BCUT2D eigenvalue weighted by atomic mass is 9.90. The highest BCUT2D eigenvalue weighted by Gasteiger charge is 2.44. The van der Waals surface area contributed by atoms with E-state index in [2.05, 4.69) is 9.88 Å². The molecule has 4 rings (SSSR count). The highest BCUT2D eigenvalue weighted by atomic mass is 16.5. The van der Waals surface area contributed by atoms with Gasteiger partial charge in [0, 0.05) is 29.1 Å². The van der Waals surface area contributed by atoms with Gasteiger partial charge in [-0.2, -0.15) is 0 Å². The molecule has 1 aromatic carbocycles. The van der Waals surface area contributed by atoms with Crippen molar-refractivity contribution in [2.24, 2.45) is 0 Å². The summed E-state index contributed by atoms with van der Waals surface area (Å²) >= 11 is 0. The molecule has 23 heavy (non-hydrogen) atoms. The molecule has 3 atom stereocenters. The van der Waals surface area contributed by atoms with Crippen molar-refractivity contribution < 1.29 is 19.4 Å². The van der Waals surface area contributed by atoms with Gasteiger partial charge in [0.25, 0.3) is 0 Å². The number of aromatic amines is 1. The van der Waals surface area contributed by atoms with E-state index < -0.39 is 6.04 Å². The van der Waals surface area contributed by atoms with E-state index in [-0.39, 0.29) is 19.2 Å². The van der Waals surface area contributed by atoms with Gasteiger partial charge in [-0.05, 0) is 36.7 Å². The monoisotopic (exact) mass is 316 g/mol. The van der Waals surface area contributed by atoms with Crippen molar-refractivity contribution in [3.8, 4) is 5.75 Å². The number of benzene rings is 1. The molecular formula is C17H20N2O4. The zero-order chi connectivity index (χ0) is 16.0. The first kappa shape index (κ1) is 14.5. The maximum atomic E-state index is 12.5. The van der Waals surface area contributed by atoms with E-state index in [1.54, 1.807) is 7.11 Å². The van der Waals surface area contributed by atoms with Gasteiger partial charge in [-0.15, -0.1) is 0 Å². The number of aliphatic hydroxyl groups excluding tert-OH is 1. The van der Waals surface area contributed by atoms with Crippen molar-refractivity contribution in [3.05, 3.63) is 29.5 Å². The number of hydrogen-bond donors (Lipinski definition) is 2. The summed E-state index contributed by atoms with van der Waals surface area (Å²) in [5.74, 6) is 0.964. The Hall–Kier alpha value is -2.05.